The van der Waals surface area contributed by atoms with Crippen LogP contribution >= 0.6 is 0 Å². The average Bonchev–Trinajstić information content (AvgIpc) is 2.46. The first kappa shape index (κ1) is 13.4. The van der Waals surface area contributed by atoms with Crippen LogP contribution in [0.15, 0.2) is 48.5 Å². The zero-order valence-electron chi connectivity index (χ0n) is 11.6. The molecule has 2 rings (SSSR count). The molecule has 19 heavy (non-hydrogen) atoms. The van der Waals surface area contributed by atoms with Crippen molar-refractivity contribution in [3.8, 4) is 0 Å². The van der Waals surface area contributed by atoms with Gasteiger partial charge in [0.05, 0.1) is 0 Å². The number of hydrogen-bond acceptors (Lipinski definition) is 3. The van der Waals surface area contributed by atoms with Crippen molar-refractivity contribution in [1.82, 2.24) is 4.98 Å². The van der Waals surface area contributed by atoms with Gasteiger partial charge in [-0.3, -0.25) is 0 Å². The van der Waals surface area contributed by atoms with Crippen molar-refractivity contribution in [3.05, 3.63) is 54.1 Å². The number of aromatic nitrogens is 1. The summed E-state index contributed by atoms with van der Waals surface area (Å²) in [5, 5.41) is 6.48. The quantitative estimate of drug-likeness (QED) is 0.828. The van der Waals surface area contributed by atoms with Crippen LogP contribution in [0.2, 0.25) is 0 Å². The summed E-state index contributed by atoms with van der Waals surface area (Å²) in [4.78, 5) is 4.46. The van der Waals surface area contributed by atoms with Gasteiger partial charge < -0.3 is 10.6 Å². The van der Waals surface area contributed by atoms with Crippen LogP contribution < -0.4 is 10.6 Å². The number of benzene rings is 1. The first-order valence-corrected chi connectivity index (χ1v) is 6.73. The molecule has 3 heteroatoms. The first-order chi connectivity index (χ1) is 9.28. The molecule has 100 valence electrons. The fraction of sp³-hybridized carbons (Fsp3) is 0.312. The van der Waals surface area contributed by atoms with Crippen LogP contribution in [-0.2, 0) is 6.42 Å². The van der Waals surface area contributed by atoms with Crippen LogP contribution in [0.3, 0.4) is 0 Å². The van der Waals surface area contributed by atoms with Gasteiger partial charge >= 0.3 is 0 Å². The molecule has 0 saturated heterocycles. The van der Waals surface area contributed by atoms with E-state index >= 15 is 0 Å². The maximum atomic E-state index is 4.46. The van der Waals surface area contributed by atoms with Gasteiger partial charge in [-0.25, -0.2) is 4.98 Å². The molecule has 0 amide bonds. The third-order valence-corrected chi connectivity index (χ3v) is 3.11. The van der Waals surface area contributed by atoms with Gasteiger partial charge in [-0.1, -0.05) is 36.4 Å². The Hall–Kier alpha value is -2.03. The molecule has 1 aromatic carbocycles. The molecular formula is C16H21N3. The second-order valence-corrected chi connectivity index (χ2v) is 4.73. The van der Waals surface area contributed by atoms with E-state index in [0.29, 0.717) is 6.04 Å². The maximum Gasteiger partial charge on any atom is 0.128 e. The smallest absolute Gasteiger partial charge is 0.128 e. The third kappa shape index (κ3) is 4.28. The van der Waals surface area contributed by atoms with E-state index in [9.17, 15) is 0 Å². The van der Waals surface area contributed by atoms with Crippen LogP contribution in [0.1, 0.15) is 18.9 Å². The third-order valence-electron chi connectivity index (χ3n) is 3.11. The zero-order valence-corrected chi connectivity index (χ0v) is 11.6. The molecular weight excluding hydrogens is 234 g/mol. The van der Waals surface area contributed by atoms with Gasteiger partial charge in [0, 0.05) is 13.1 Å². The Morgan fingerprint density at radius 2 is 1.74 bits per heavy atom. The maximum absolute atomic E-state index is 4.46. The number of aryl methyl sites for hydroxylation is 1. The Morgan fingerprint density at radius 3 is 2.47 bits per heavy atom. The highest BCUT2D eigenvalue weighted by molar-refractivity contribution is 5.45. The van der Waals surface area contributed by atoms with Crippen molar-refractivity contribution in [3.63, 3.8) is 0 Å². The van der Waals surface area contributed by atoms with Gasteiger partial charge in [0.25, 0.3) is 0 Å². The van der Waals surface area contributed by atoms with Crippen LogP contribution in [0.25, 0.3) is 0 Å². The van der Waals surface area contributed by atoms with Crippen molar-refractivity contribution < 1.29 is 0 Å². The standard InChI is InChI=1S/C16H21N3/c1-13(11-12-14-7-4-3-5-8-14)18-16-10-6-9-15(17-2)19-16/h3-10,13H,11-12H2,1-2H3,(H2,17,18,19). The number of anilines is 2. The number of hydrogen-bond donors (Lipinski definition) is 2. The lowest BCUT2D eigenvalue weighted by Gasteiger charge is -2.15. The number of rotatable bonds is 6. The van der Waals surface area contributed by atoms with E-state index in [4.69, 9.17) is 0 Å². The molecule has 2 N–H and O–H groups in total. The Labute approximate surface area is 115 Å². The Morgan fingerprint density at radius 1 is 1.00 bits per heavy atom. The Kier molecular flexibility index (Phi) is 4.78. The normalized spacial score (nSPS) is 11.9. The van der Waals surface area contributed by atoms with Gasteiger partial charge in [0.15, 0.2) is 0 Å². The molecule has 3 nitrogen and oxygen atoms in total. The van der Waals surface area contributed by atoms with Gasteiger partial charge in [-0.15, -0.1) is 0 Å². The molecule has 2 aromatic rings. The first-order valence-electron chi connectivity index (χ1n) is 6.73. The fourth-order valence-electron chi connectivity index (χ4n) is 2.01. The van der Waals surface area contributed by atoms with E-state index in [1.54, 1.807) is 0 Å². The van der Waals surface area contributed by atoms with E-state index in [1.165, 1.54) is 5.56 Å². The molecule has 1 unspecified atom stereocenters. The summed E-state index contributed by atoms with van der Waals surface area (Å²) in [7, 11) is 1.88. The summed E-state index contributed by atoms with van der Waals surface area (Å²) in [6.07, 6.45) is 2.18. The van der Waals surface area contributed by atoms with E-state index in [2.05, 4.69) is 52.9 Å². The number of nitrogens with zero attached hydrogens (tertiary/aromatic N) is 1. The highest BCUT2D eigenvalue weighted by Gasteiger charge is 2.04. The van der Waals surface area contributed by atoms with E-state index in [1.807, 2.05) is 25.2 Å². The largest absolute Gasteiger partial charge is 0.373 e. The SMILES string of the molecule is CNc1cccc(NC(C)CCc2ccccc2)n1. The molecule has 0 saturated carbocycles. The van der Waals surface area contributed by atoms with Crippen molar-refractivity contribution in [2.45, 2.75) is 25.8 Å². The molecule has 1 atom stereocenters. The minimum absolute atomic E-state index is 0.403. The monoisotopic (exact) mass is 255 g/mol. The summed E-state index contributed by atoms with van der Waals surface area (Å²) >= 11 is 0. The van der Waals surface area contributed by atoms with Gasteiger partial charge in [-0.05, 0) is 37.5 Å². The summed E-state index contributed by atoms with van der Waals surface area (Å²) < 4.78 is 0. The van der Waals surface area contributed by atoms with E-state index < -0.39 is 0 Å². The Bertz CT molecular complexity index is 496. The molecule has 0 bridgehead atoms. The number of nitrogens with one attached hydrogen (secondary N) is 2. The molecule has 0 fully saturated rings. The van der Waals surface area contributed by atoms with Crippen molar-refractivity contribution in [2.24, 2.45) is 0 Å². The average molecular weight is 255 g/mol. The van der Waals surface area contributed by atoms with Gasteiger partial charge in [0.2, 0.25) is 0 Å². The highest BCUT2D eigenvalue weighted by Crippen LogP contribution is 2.12. The minimum atomic E-state index is 0.403. The minimum Gasteiger partial charge on any atom is -0.373 e. The number of pyridine rings is 1. The molecule has 1 aromatic heterocycles. The summed E-state index contributed by atoms with van der Waals surface area (Å²) in [5.41, 5.74) is 1.38. The lowest BCUT2D eigenvalue weighted by atomic mass is 10.1. The second-order valence-electron chi connectivity index (χ2n) is 4.73. The van der Waals surface area contributed by atoms with Crippen LogP contribution in [-0.4, -0.2) is 18.1 Å². The molecule has 0 spiro atoms. The lowest BCUT2D eigenvalue weighted by Crippen LogP contribution is -2.17. The van der Waals surface area contributed by atoms with Crippen LogP contribution in [0.4, 0.5) is 11.6 Å². The lowest BCUT2D eigenvalue weighted by molar-refractivity contribution is 0.703. The Balaban J connectivity index is 1.85. The van der Waals surface area contributed by atoms with Crippen molar-refractivity contribution in [1.29, 1.82) is 0 Å². The topological polar surface area (TPSA) is 37.0 Å². The zero-order chi connectivity index (χ0) is 13.5. The summed E-state index contributed by atoms with van der Waals surface area (Å²) in [5.74, 6) is 1.81. The van der Waals surface area contributed by atoms with Crippen LogP contribution in [0, 0.1) is 0 Å². The predicted molar refractivity (Wildman–Crippen MR) is 81.6 cm³/mol. The molecule has 1 heterocycles. The van der Waals surface area contributed by atoms with Crippen molar-refractivity contribution >= 4 is 11.6 Å². The molecule has 0 radical (unpaired) electrons. The van der Waals surface area contributed by atoms with Gasteiger partial charge in [0.1, 0.15) is 11.6 Å². The molecule has 0 aliphatic carbocycles. The van der Waals surface area contributed by atoms with E-state index in [0.717, 1.165) is 24.5 Å². The molecule has 0 aliphatic heterocycles. The van der Waals surface area contributed by atoms with Crippen LogP contribution in [0.5, 0.6) is 0 Å². The second kappa shape index (κ2) is 6.78. The van der Waals surface area contributed by atoms with Gasteiger partial charge in [-0.2, -0.15) is 0 Å². The molecule has 0 aliphatic rings. The summed E-state index contributed by atoms with van der Waals surface area (Å²) in [6, 6.07) is 16.9. The predicted octanol–water partition coefficient (Wildman–Crippen LogP) is 3.56. The highest BCUT2D eigenvalue weighted by atomic mass is 15.1. The summed E-state index contributed by atoms with van der Waals surface area (Å²) in [6.45, 7) is 2.19. The van der Waals surface area contributed by atoms with Crippen molar-refractivity contribution in [2.75, 3.05) is 17.7 Å². The fourth-order valence-corrected chi connectivity index (χ4v) is 2.01. The van der Waals surface area contributed by atoms with E-state index in [-0.39, 0.29) is 0 Å².